The second-order valence-electron chi connectivity index (χ2n) is 11.0. The molecule has 1 N–H and O–H groups in total. The van der Waals surface area contributed by atoms with Crippen molar-refractivity contribution >= 4 is 16.8 Å². The van der Waals surface area contributed by atoms with Crippen molar-refractivity contribution in [2.24, 2.45) is 0 Å². The normalized spacial score (nSPS) is 18.8. The van der Waals surface area contributed by atoms with Gasteiger partial charge >= 0.3 is 5.76 Å². The van der Waals surface area contributed by atoms with E-state index in [1.807, 2.05) is 37.2 Å². The summed E-state index contributed by atoms with van der Waals surface area (Å²) in [6, 6.07) is 8.02. The summed E-state index contributed by atoms with van der Waals surface area (Å²) >= 11 is 0. The molecule has 2 fully saturated rings. The number of hydrogen-bond acceptors (Lipinski definition) is 7. The molecule has 2 aliphatic rings. The summed E-state index contributed by atoms with van der Waals surface area (Å²) in [5.41, 5.74) is 4.92. The lowest BCUT2D eigenvalue weighted by Gasteiger charge is -2.34. The molecule has 4 aromatic rings. The molecule has 206 valence electrons. The highest BCUT2D eigenvalue weighted by Crippen LogP contribution is 2.45. The maximum Gasteiger partial charge on any atom is 0.439 e. The van der Waals surface area contributed by atoms with Gasteiger partial charge in [0.05, 0.1) is 36.4 Å². The number of nitrogens with one attached hydrogen (secondary N) is 1. The van der Waals surface area contributed by atoms with E-state index in [1.54, 1.807) is 12.5 Å². The van der Waals surface area contributed by atoms with Crippen LogP contribution in [0.15, 0.2) is 50.5 Å². The Bertz CT molecular complexity index is 1490. The van der Waals surface area contributed by atoms with Gasteiger partial charge in [0, 0.05) is 36.1 Å². The van der Waals surface area contributed by atoms with Crippen LogP contribution in [-0.2, 0) is 16.1 Å². The number of likely N-dealkylation sites (N-methyl/N-ethyl adjacent to an activating group) is 1. The van der Waals surface area contributed by atoms with Gasteiger partial charge in [-0.05, 0) is 50.6 Å². The van der Waals surface area contributed by atoms with Crippen LogP contribution in [0.2, 0.25) is 0 Å². The zero-order valence-electron chi connectivity index (χ0n) is 22.5. The monoisotopic (exact) mass is 533 g/mol. The zero-order chi connectivity index (χ0) is 26.9. The molecule has 10 nitrogen and oxygen atoms in total. The van der Waals surface area contributed by atoms with Gasteiger partial charge in [-0.3, -0.25) is 14.3 Å². The van der Waals surface area contributed by atoms with Gasteiger partial charge in [0.2, 0.25) is 5.91 Å². The Labute approximate surface area is 226 Å². The van der Waals surface area contributed by atoms with Crippen molar-refractivity contribution in [2.75, 3.05) is 40.3 Å². The van der Waals surface area contributed by atoms with Gasteiger partial charge in [-0.1, -0.05) is 36.6 Å². The summed E-state index contributed by atoms with van der Waals surface area (Å²) in [5, 5.41) is 5.02. The fourth-order valence-electron chi connectivity index (χ4n) is 6.26. The van der Waals surface area contributed by atoms with Crippen LogP contribution < -0.4 is 5.76 Å². The molecule has 0 radical (unpaired) electrons. The molecule has 1 aliphatic carbocycles. The molecule has 39 heavy (non-hydrogen) atoms. The number of benzene rings is 1. The number of morpholine rings is 1. The number of aromatic nitrogens is 3. The Morgan fingerprint density at radius 3 is 2.72 bits per heavy atom. The number of amides is 1. The molecular formula is C29H35N5O5. The van der Waals surface area contributed by atoms with Crippen molar-refractivity contribution in [1.29, 1.82) is 0 Å². The highest BCUT2D eigenvalue weighted by molar-refractivity contribution is 5.96. The predicted octanol–water partition coefficient (Wildman–Crippen LogP) is 4.08. The average Bonchev–Trinajstić information content (AvgIpc) is 3.68. The number of carbonyl (C=O) groups is 1. The minimum Gasteiger partial charge on any atom is -0.472 e. The molecule has 1 atom stereocenters. The van der Waals surface area contributed by atoms with Gasteiger partial charge < -0.3 is 23.5 Å². The van der Waals surface area contributed by atoms with Crippen molar-refractivity contribution in [2.45, 2.75) is 50.7 Å². The van der Waals surface area contributed by atoms with E-state index in [9.17, 15) is 9.59 Å². The quantitative estimate of drug-likeness (QED) is 0.381. The van der Waals surface area contributed by atoms with Crippen LogP contribution in [0.4, 0.5) is 0 Å². The van der Waals surface area contributed by atoms with Crippen LogP contribution in [0.25, 0.3) is 33.5 Å². The number of fused-ring (bicyclic) bond motifs is 1. The number of hydrogen-bond donors (Lipinski definition) is 1. The minimum absolute atomic E-state index is 0.0131. The Hall–Kier alpha value is -3.63. The van der Waals surface area contributed by atoms with Gasteiger partial charge in [0.15, 0.2) is 5.82 Å². The van der Waals surface area contributed by atoms with Crippen LogP contribution in [0.1, 0.15) is 43.6 Å². The maximum absolute atomic E-state index is 13.8. The van der Waals surface area contributed by atoms with Gasteiger partial charge in [-0.15, -0.1) is 0 Å². The smallest absolute Gasteiger partial charge is 0.439 e. The molecular weight excluding hydrogens is 498 g/mol. The SMILES string of the molecule is CN(C)CC1CN(C(=O)Cn2c(-c3ccoc3)c(C3CCCCC3)c3ccc(-c4noc(=O)[nH]4)cc32)CCO1. The fraction of sp³-hybridized carbons (Fsp3) is 0.483. The van der Waals surface area contributed by atoms with Gasteiger partial charge in [-0.25, -0.2) is 4.79 Å². The first-order chi connectivity index (χ1) is 19.0. The van der Waals surface area contributed by atoms with Crippen LogP contribution >= 0.6 is 0 Å². The summed E-state index contributed by atoms with van der Waals surface area (Å²) in [7, 11) is 4.03. The minimum atomic E-state index is -0.600. The van der Waals surface area contributed by atoms with Crippen molar-refractivity contribution in [3.8, 4) is 22.6 Å². The van der Waals surface area contributed by atoms with E-state index in [0.29, 0.717) is 31.4 Å². The Morgan fingerprint density at radius 1 is 1.15 bits per heavy atom. The zero-order valence-corrected chi connectivity index (χ0v) is 22.5. The molecule has 0 bridgehead atoms. The first-order valence-corrected chi connectivity index (χ1v) is 13.8. The molecule has 1 saturated heterocycles. The molecule has 1 amide bonds. The van der Waals surface area contributed by atoms with Crippen molar-refractivity contribution in [3.05, 3.63) is 52.9 Å². The predicted molar refractivity (Wildman–Crippen MR) is 146 cm³/mol. The second-order valence-corrected chi connectivity index (χ2v) is 11.0. The Morgan fingerprint density at radius 2 is 2.00 bits per heavy atom. The van der Waals surface area contributed by atoms with E-state index in [0.717, 1.165) is 47.1 Å². The lowest BCUT2D eigenvalue weighted by molar-refractivity contribution is -0.139. The third-order valence-electron chi connectivity index (χ3n) is 7.98. The first-order valence-electron chi connectivity index (χ1n) is 13.8. The average molecular weight is 534 g/mol. The largest absolute Gasteiger partial charge is 0.472 e. The highest BCUT2D eigenvalue weighted by atomic mass is 16.5. The summed E-state index contributed by atoms with van der Waals surface area (Å²) < 4.78 is 18.4. The molecule has 1 aromatic carbocycles. The number of H-pyrrole nitrogens is 1. The standard InChI is InChI=1S/C29H35N5O5/c1-32(2)15-22-16-33(11-13-38-22)25(35)17-34-24-14-20(28-30-29(36)39-31-28)8-9-23(24)26(19-6-4-3-5-7-19)27(34)21-10-12-37-18-21/h8-10,12,14,18-19,22H,3-7,11,13,15-17H2,1-2H3,(H,30,31,36). The van der Waals surface area contributed by atoms with Crippen LogP contribution in [0, 0.1) is 0 Å². The van der Waals surface area contributed by atoms with Crippen LogP contribution in [0.5, 0.6) is 0 Å². The third kappa shape index (κ3) is 5.18. The number of aromatic amines is 1. The van der Waals surface area contributed by atoms with Gasteiger partial charge in [0.25, 0.3) is 0 Å². The molecule has 10 heteroatoms. The van der Waals surface area contributed by atoms with E-state index < -0.39 is 5.76 Å². The van der Waals surface area contributed by atoms with Gasteiger partial charge in [0.1, 0.15) is 6.54 Å². The molecule has 1 aliphatic heterocycles. The summed E-state index contributed by atoms with van der Waals surface area (Å²) in [4.78, 5) is 32.2. The van der Waals surface area contributed by atoms with E-state index in [4.69, 9.17) is 13.7 Å². The summed E-state index contributed by atoms with van der Waals surface area (Å²) in [5.74, 6) is 0.217. The molecule has 4 heterocycles. The van der Waals surface area contributed by atoms with Crippen molar-refractivity contribution in [1.82, 2.24) is 24.5 Å². The van der Waals surface area contributed by atoms with E-state index in [1.165, 1.54) is 24.8 Å². The molecule has 6 rings (SSSR count). The fourth-order valence-corrected chi connectivity index (χ4v) is 6.26. The topological polar surface area (TPSA) is 110 Å². The number of ether oxygens (including phenoxy) is 1. The summed E-state index contributed by atoms with van der Waals surface area (Å²) in [6.45, 7) is 2.63. The van der Waals surface area contributed by atoms with Crippen molar-refractivity contribution < 1.29 is 18.5 Å². The van der Waals surface area contributed by atoms with Gasteiger partial charge in [-0.2, -0.15) is 0 Å². The maximum atomic E-state index is 13.8. The lowest BCUT2D eigenvalue weighted by atomic mass is 9.82. The molecule has 3 aromatic heterocycles. The summed E-state index contributed by atoms with van der Waals surface area (Å²) in [6.07, 6.45) is 9.31. The van der Waals surface area contributed by atoms with Crippen LogP contribution in [0.3, 0.4) is 0 Å². The molecule has 1 unspecified atom stereocenters. The number of carbonyl (C=O) groups excluding carboxylic acids is 1. The first kappa shape index (κ1) is 25.6. The molecule has 1 saturated carbocycles. The third-order valence-corrected chi connectivity index (χ3v) is 7.98. The van der Waals surface area contributed by atoms with Crippen LogP contribution in [-0.4, -0.2) is 76.9 Å². The van der Waals surface area contributed by atoms with E-state index in [-0.39, 0.29) is 18.6 Å². The highest BCUT2D eigenvalue weighted by Gasteiger charge is 2.30. The molecule has 0 spiro atoms. The van der Waals surface area contributed by atoms with E-state index >= 15 is 0 Å². The number of rotatable bonds is 7. The van der Waals surface area contributed by atoms with Crippen molar-refractivity contribution in [3.63, 3.8) is 0 Å². The van der Waals surface area contributed by atoms with E-state index in [2.05, 4.69) is 25.7 Å². The Kier molecular flexibility index (Phi) is 7.14. The second kappa shape index (κ2) is 10.9. The lowest BCUT2D eigenvalue weighted by Crippen LogP contribution is -2.49. The number of furan rings is 1. The Balaban J connectivity index is 1.46. The number of nitrogens with zero attached hydrogens (tertiary/aromatic N) is 4.